The molecule has 0 saturated heterocycles. The van der Waals surface area contributed by atoms with Crippen molar-refractivity contribution in [3.8, 4) is 5.75 Å². The van der Waals surface area contributed by atoms with Crippen molar-refractivity contribution < 1.29 is 9.53 Å². The number of hydrogen-bond acceptors (Lipinski definition) is 2. The number of hydrogen-bond donors (Lipinski definition) is 0. The van der Waals surface area contributed by atoms with Gasteiger partial charge in [-0.15, -0.1) is 0 Å². The fraction of sp³-hybridized carbons (Fsp3) is 0.125. The molecule has 0 atom stereocenters. The Labute approximate surface area is 87.2 Å². The van der Waals surface area contributed by atoms with E-state index in [0.29, 0.717) is 5.75 Å². The van der Waals surface area contributed by atoms with E-state index in [-0.39, 0.29) is 5.97 Å². The average molecular weight is 294 g/mol. The molecule has 64 valence electrons. The molecular formula is C8H6Br2O2. The topological polar surface area (TPSA) is 26.3 Å². The second-order valence-corrected chi connectivity index (χ2v) is 3.88. The van der Waals surface area contributed by atoms with Crippen molar-refractivity contribution in [2.24, 2.45) is 0 Å². The van der Waals surface area contributed by atoms with E-state index < -0.39 is 0 Å². The Kier molecular flexibility index (Phi) is 3.29. The molecule has 1 aromatic rings. The van der Waals surface area contributed by atoms with Crippen molar-refractivity contribution >= 4 is 37.8 Å². The minimum atomic E-state index is -0.316. The van der Waals surface area contributed by atoms with Gasteiger partial charge in [-0.25, -0.2) is 0 Å². The maximum absolute atomic E-state index is 10.6. The molecular weight excluding hydrogens is 288 g/mol. The van der Waals surface area contributed by atoms with E-state index in [1.807, 2.05) is 6.07 Å². The van der Waals surface area contributed by atoms with Crippen molar-refractivity contribution in [3.05, 3.63) is 27.1 Å². The summed E-state index contributed by atoms with van der Waals surface area (Å²) in [5.41, 5.74) is 0. The molecule has 2 nitrogen and oxygen atoms in total. The van der Waals surface area contributed by atoms with Crippen LogP contribution in [0.25, 0.3) is 0 Å². The van der Waals surface area contributed by atoms with E-state index in [0.717, 1.165) is 8.95 Å². The highest BCUT2D eigenvalue weighted by molar-refractivity contribution is 9.13. The third-order valence-corrected chi connectivity index (χ3v) is 3.03. The summed E-state index contributed by atoms with van der Waals surface area (Å²) in [7, 11) is 0. The maximum Gasteiger partial charge on any atom is 0.308 e. The van der Waals surface area contributed by atoms with Gasteiger partial charge in [0.1, 0.15) is 5.75 Å². The smallest absolute Gasteiger partial charge is 0.308 e. The molecule has 1 rings (SSSR count). The summed E-state index contributed by atoms with van der Waals surface area (Å²) in [6.07, 6.45) is 0. The normalized spacial score (nSPS) is 9.58. The lowest BCUT2D eigenvalue weighted by atomic mass is 10.3. The first-order valence-corrected chi connectivity index (χ1v) is 4.81. The highest BCUT2D eigenvalue weighted by Crippen LogP contribution is 2.27. The Morgan fingerprint density at radius 1 is 1.33 bits per heavy atom. The zero-order valence-corrected chi connectivity index (χ0v) is 9.48. The molecule has 0 N–H and O–H groups in total. The van der Waals surface area contributed by atoms with Crippen LogP contribution in [0, 0.1) is 0 Å². The molecule has 0 unspecified atom stereocenters. The standard InChI is InChI=1S/C8H6Br2O2/c1-5(11)12-6-2-3-7(9)8(10)4-6/h2-4H,1H3. The van der Waals surface area contributed by atoms with E-state index in [1.165, 1.54) is 6.92 Å². The third kappa shape index (κ3) is 2.60. The van der Waals surface area contributed by atoms with Crippen LogP contribution in [-0.2, 0) is 4.79 Å². The molecule has 0 radical (unpaired) electrons. The van der Waals surface area contributed by atoms with Gasteiger partial charge in [0, 0.05) is 15.9 Å². The minimum Gasteiger partial charge on any atom is -0.427 e. The maximum atomic E-state index is 10.6. The van der Waals surface area contributed by atoms with Gasteiger partial charge < -0.3 is 4.74 Å². The molecule has 0 aromatic heterocycles. The first kappa shape index (κ1) is 9.74. The lowest BCUT2D eigenvalue weighted by Crippen LogP contribution is -2.00. The summed E-state index contributed by atoms with van der Waals surface area (Å²) in [6, 6.07) is 5.25. The van der Waals surface area contributed by atoms with Crippen molar-refractivity contribution in [2.75, 3.05) is 0 Å². The molecule has 12 heavy (non-hydrogen) atoms. The molecule has 0 fully saturated rings. The molecule has 0 aliphatic carbocycles. The van der Waals surface area contributed by atoms with Crippen LogP contribution in [0.1, 0.15) is 6.92 Å². The summed E-state index contributed by atoms with van der Waals surface area (Å²) in [5, 5.41) is 0. The van der Waals surface area contributed by atoms with Crippen LogP contribution < -0.4 is 4.74 Å². The number of carbonyl (C=O) groups is 1. The Morgan fingerprint density at radius 3 is 2.50 bits per heavy atom. The molecule has 0 aliphatic heterocycles. The number of rotatable bonds is 1. The first-order valence-electron chi connectivity index (χ1n) is 3.23. The molecule has 1 aromatic carbocycles. The Morgan fingerprint density at radius 2 is 2.00 bits per heavy atom. The van der Waals surface area contributed by atoms with Crippen LogP contribution in [0.2, 0.25) is 0 Å². The summed E-state index contributed by atoms with van der Waals surface area (Å²) >= 11 is 6.61. The molecule has 0 aliphatic rings. The monoisotopic (exact) mass is 292 g/mol. The predicted octanol–water partition coefficient (Wildman–Crippen LogP) is 3.14. The number of carbonyl (C=O) groups excluding carboxylic acids is 1. The molecule has 0 bridgehead atoms. The van der Waals surface area contributed by atoms with Gasteiger partial charge in [-0.2, -0.15) is 0 Å². The number of halogens is 2. The van der Waals surface area contributed by atoms with Crippen molar-refractivity contribution in [2.45, 2.75) is 6.92 Å². The van der Waals surface area contributed by atoms with E-state index in [9.17, 15) is 4.79 Å². The zero-order chi connectivity index (χ0) is 9.14. The number of esters is 1. The second-order valence-electron chi connectivity index (χ2n) is 2.17. The summed E-state index contributed by atoms with van der Waals surface area (Å²) in [5.74, 6) is 0.224. The molecule has 4 heteroatoms. The van der Waals surface area contributed by atoms with Crippen LogP contribution in [-0.4, -0.2) is 5.97 Å². The fourth-order valence-electron chi connectivity index (χ4n) is 0.706. The average Bonchev–Trinajstić information content (AvgIpc) is 1.96. The minimum absolute atomic E-state index is 0.316. The SMILES string of the molecule is CC(=O)Oc1ccc(Br)c(Br)c1. The summed E-state index contributed by atoms with van der Waals surface area (Å²) < 4.78 is 6.65. The summed E-state index contributed by atoms with van der Waals surface area (Å²) in [4.78, 5) is 10.6. The molecule has 0 spiro atoms. The van der Waals surface area contributed by atoms with Gasteiger partial charge in [0.2, 0.25) is 0 Å². The molecule has 0 saturated carbocycles. The van der Waals surface area contributed by atoms with E-state index in [1.54, 1.807) is 12.1 Å². The van der Waals surface area contributed by atoms with Crippen LogP contribution >= 0.6 is 31.9 Å². The van der Waals surface area contributed by atoms with Crippen LogP contribution in [0.3, 0.4) is 0 Å². The number of benzene rings is 1. The lowest BCUT2D eigenvalue weighted by Gasteiger charge is -2.01. The Bertz CT molecular complexity index is 310. The van der Waals surface area contributed by atoms with Gasteiger partial charge >= 0.3 is 5.97 Å². The lowest BCUT2D eigenvalue weighted by molar-refractivity contribution is -0.131. The van der Waals surface area contributed by atoms with Gasteiger partial charge in [-0.1, -0.05) is 0 Å². The summed E-state index contributed by atoms with van der Waals surface area (Å²) in [6.45, 7) is 1.37. The van der Waals surface area contributed by atoms with Crippen LogP contribution in [0.15, 0.2) is 27.1 Å². The Hall–Kier alpha value is -0.350. The largest absolute Gasteiger partial charge is 0.427 e. The zero-order valence-electron chi connectivity index (χ0n) is 6.30. The third-order valence-electron chi connectivity index (χ3n) is 1.15. The van der Waals surface area contributed by atoms with Crippen LogP contribution in [0.4, 0.5) is 0 Å². The van der Waals surface area contributed by atoms with Gasteiger partial charge in [0.05, 0.1) is 0 Å². The molecule has 0 heterocycles. The fourth-order valence-corrected chi connectivity index (χ4v) is 1.31. The van der Waals surface area contributed by atoms with Crippen LogP contribution in [0.5, 0.6) is 5.75 Å². The van der Waals surface area contributed by atoms with Crippen molar-refractivity contribution in [1.82, 2.24) is 0 Å². The Balaban J connectivity index is 2.89. The van der Waals surface area contributed by atoms with Gasteiger partial charge in [0.25, 0.3) is 0 Å². The highest BCUT2D eigenvalue weighted by atomic mass is 79.9. The van der Waals surface area contributed by atoms with Crippen molar-refractivity contribution in [3.63, 3.8) is 0 Å². The molecule has 0 amide bonds. The van der Waals surface area contributed by atoms with Gasteiger partial charge in [0.15, 0.2) is 0 Å². The van der Waals surface area contributed by atoms with E-state index >= 15 is 0 Å². The second kappa shape index (κ2) is 4.05. The van der Waals surface area contributed by atoms with Crippen molar-refractivity contribution in [1.29, 1.82) is 0 Å². The van der Waals surface area contributed by atoms with E-state index in [4.69, 9.17) is 4.74 Å². The quantitative estimate of drug-likeness (QED) is 0.587. The predicted molar refractivity (Wildman–Crippen MR) is 53.2 cm³/mol. The highest BCUT2D eigenvalue weighted by Gasteiger charge is 2.00. The van der Waals surface area contributed by atoms with E-state index in [2.05, 4.69) is 31.9 Å². The van der Waals surface area contributed by atoms with Gasteiger partial charge in [-0.05, 0) is 50.1 Å². The number of ether oxygens (including phenoxy) is 1. The van der Waals surface area contributed by atoms with Gasteiger partial charge in [-0.3, -0.25) is 4.79 Å². The first-order chi connectivity index (χ1) is 5.59.